The third kappa shape index (κ3) is 3.49. The molecule has 2 aromatic rings. The highest BCUT2D eigenvalue weighted by Crippen LogP contribution is 2.28. The second-order valence-electron chi connectivity index (χ2n) is 4.31. The summed E-state index contributed by atoms with van der Waals surface area (Å²) in [5, 5.41) is 11.1. The zero-order valence-electron chi connectivity index (χ0n) is 10.7. The van der Waals surface area contributed by atoms with Gasteiger partial charge in [-0.3, -0.25) is 0 Å². The SMILES string of the molecule is CS(=O)(=O)CCSc1ncc(C(=O)O)c2ccccc12. The van der Waals surface area contributed by atoms with E-state index in [0.717, 1.165) is 5.39 Å². The number of hydrogen-bond acceptors (Lipinski definition) is 5. The van der Waals surface area contributed by atoms with Gasteiger partial charge in [-0.2, -0.15) is 0 Å². The summed E-state index contributed by atoms with van der Waals surface area (Å²) in [6.07, 6.45) is 2.50. The molecule has 0 aliphatic carbocycles. The average Bonchev–Trinajstić information content (AvgIpc) is 2.37. The molecule has 106 valence electrons. The molecule has 0 bridgehead atoms. The Morgan fingerprint density at radius 1 is 1.30 bits per heavy atom. The average molecular weight is 311 g/mol. The summed E-state index contributed by atoms with van der Waals surface area (Å²) >= 11 is 1.31. The molecule has 5 nitrogen and oxygen atoms in total. The number of aromatic carboxylic acids is 1. The second-order valence-corrected chi connectivity index (χ2v) is 7.65. The van der Waals surface area contributed by atoms with E-state index in [9.17, 15) is 13.2 Å². The molecular formula is C13H13NO4S2. The van der Waals surface area contributed by atoms with Crippen LogP contribution in [-0.2, 0) is 9.84 Å². The van der Waals surface area contributed by atoms with Crippen molar-refractivity contribution in [3.63, 3.8) is 0 Å². The van der Waals surface area contributed by atoms with Gasteiger partial charge in [0.25, 0.3) is 0 Å². The van der Waals surface area contributed by atoms with Crippen LogP contribution in [0.15, 0.2) is 35.5 Å². The molecular weight excluding hydrogens is 298 g/mol. The molecule has 1 aromatic heterocycles. The third-order valence-corrected chi connectivity index (χ3v) is 4.89. The van der Waals surface area contributed by atoms with Crippen molar-refractivity contribution in [3.8, 4) is 0 Å². The number of thioether (sulfide) groups is 1. The van der Waals surface area contributed by atoms with Gasteiger partial charge in [0, 0.05) is 29.0 Å². The maximum Gasteiger partial charge on any atom is 0.337 e. The summed E-state index contributed by atoms with van der Waals surface area (Å²) in [6, 6.07) is 7.08. The molecule has 0 spiro atoms. The van der Waals surface area contributed by atoms with Gasteiger partial charge in [0.05, 0.1) is 11.3 Å². The first kappa shape index (κ1) is 14.8. The van der Waals surface area contributed by atoms with Crippen LogP contribution >= 0.6 is 11.8 Å². The number of sulfone groups is 1. The Kier molecular flexibility index (Phi) is 4.29. The Morgan fingerprint density at radius 3 is 2.55 bits per heavy atom. The van der Waals surface area contributed by atoms with Gasteiger partial charge < -0.3 is 5.11 Å². The number of carbonyl (C=O) groups is 1. The van der Waals surface area contributed by atoms with Crippen molar-refractivity contribution in [1.82, 2.24) is 4.98 Å². The summed E-state index contributed by atoms with van der Waals surface area (Å²) in [4.78, 5) is 15.3. The van der Waals surface area contributed by atoms with Crippen LogP contribution in [0.1, 0.15) is 10.4 Å². The number of pyridine rings is 1. The van der Waals surface area contributed by atoms with Gasteiger partial charge in [-0.25, -0.2) is 18.2 Å². The largest absolute Gasteiger partial charge is 0.478 e. The van der Waals surface area contributed by atoms with Gasteiger partial charge in [-0.1, -0.05) is 24.3 Å². The number of rotatable bonds is 5. The number of carboxylic acid groups (broad SMARTS) is 1. The molecule has 0 saturated heterocycles. The van der Waals surface area contributed by atoms with Crippen LogP contribution in [0.25, 0.3) is 10.8 Å². The lowest BCUT2D eigenvalue weighted by Crippen LogP contribution is -2.05. The number of fused-ring (bicyclic) bond motifs is 1. The molecule has 1 N–H and O–H groups in total. The van der Waals surface area contributed by atoms with Gasteiger partial charge >= 0.3 is 5.97 Å². The normalized spacial score (nSPS) is 11.7. The molecule has 0 aliphatic rings. The summed E-state index contributed by atoms with van der Waals surface area (Å²) in [5.74, 6) is -0.572. The monoisotopic (exact) mass is 311 g/mol. The molecule has 20 heavy (non-hydrogen) atoms. The van der Waals surface area contributed by atoms with E-state index < -0.39 is 15.8 Å². The fourth-order valence-electron chi connectivity index (χ4n) is 1.74. The lowest BCUT2D eigenvalue weighted by Gasteiger charge is -2.07. The predicted molar refractivity (Wildman–Crippen MR) is 79.1 cm³/mol. The van der Waals surface area contributed by atoms with Crippen LogP contribution in [0.2, 0.25) is 0 Å². The minimum absolute atomic E-state index is 0.0638. The number of nitrogens with zero attached hydrogens (tertiary/aromatic N) is 1. The number of aromatic nitrogens is 1. The van der Waals surface area contributed by atoms with Gasteiger partial charge in [-0.15, -0.1) is 11.8 Å². The minimum Gasteiger partial charge on any atom is -0.478 e. The van der Waals surface area contributed by atoms with Crippen LogP contribution in [0, 0.1) is 0 Å². The smallest absolute Gasteiger partial charge is 0.337 e. The summed E-state index contributed by atoms with van der Waals surface area (Å²) < 4.78 is 22.2. The summed E-state index contributed by atoms with van der Waals surface area (Å²) in [6.45, 7) is 0. The van der Waals surface area contributed by atoms with Crippen molar-refractivity contribution < 1.29 is 18.3 Å². The van der Waals surface area contributed by atoms with Crippen LogP contribution in [0.3, 0.4) is 0 Å². The predicted octanol–water partition coefficient (Wildman–Crippen LogP) is 2.07. The Labute approximate surface area is 120 Å². The van der Waals surface area contributed by atoms with Crippen LogP contribution in [0.4, 0.5) is 0 Å². The molecule has 0 amide bonds. The van der Waals surface area contributed by atoms with Crippen molar-refractivity contribution in [1.29, 1.82) is 0 Å². The molecule has 2 rings (SSSR count). The van der Waals surface area contributed by atoms with E-state index in [0.29, 0.717) is 16.2 Å². The van der Waals surface area contributed by atoms with Crippen LogP contribution in [0.5, 0.6) is 0 Å². The Hall–Kier alpha value is -1.60. The second kappa shape index (κ2) is 5.80. The lowest BCUT2D eigenvalue weighted by molar-refractivity contribution is 0.0698. The first-order chi connectivity index (χ1) is 9.38. The number of benzene rings is 1. The first-order valence-electron chi connectivity index (χ1n) is 5.80. The summed E-state index contributed by atoms with van der Waals surface area (Å²) in [7, 11) is -3.01. The number of carboxylic acids is 1. The molecule has 0 unspecified atom stereocenters. The Morgan fingerprint density at radius 2 is 1.95 bits per heavy atom. The van der Waals surface area contributed by atoms with Crippen molar-refractivity contribution >= 4 is 38.3 Å². The van der Waals surface area contributed by atoms with Crippen LogP contribution < -0.4 is 0 Å². The number of hydrogen-bond donors (Lipinski definition) is 1. The first-order valence-corrected chi connectivity index (χ1v) is 8.84. The molecule has 0 aliphatic heterocycles. The minimum atomic E-state index is -3.01. The quantitative estimate of drug-likeness (QED) is 0.851. The topological polar surface area (TPSA) is 84.3 Å². The maximum absolute atomic E-state index is 11.1. The van der Waals surface area contributed by atoms with E-state index in [1.165, 1.54) is 24.2 Å². The summed E-state index contributed by atoms with van der Waals surface area (Å²) in [5.41, 5.74) is 0.146. The van der Waals surface area contributed by atoms with Crippen molar-refractivity contribution in [2.45, 2.75) is 5.03 Å². The van der Waals surface area contributed by atoms with Gasteiger partial charge in [-0.05, 0) is 0 Å². The zero-order chi connectivity index (χ0) is 14.8. The highest BCUT2D eigenvalue weighted by atomic mass is 32.2. The van der Waals surface area contributed by atoms with Gasteiger partial charge in [0.1, 0.15) is 14.9 Å². The van der Waals surface area contributed by atoms with Crippen molar-refractivity contribution in [2.75, 3.05) is 17.8 Å². The van der Waals surface area contributed by atoms with E-state index in [2.05, 4.69) is 4.98 Å². The Balaban J connectivity index is 2.36. The Bertz CT molecular complexity index is 756. The fourth-order valence-corrected chi connectivity index (χ4v) is 3.94. The molecule has 1 aromatic carbocycles. The van der Waals surface area contributed by atoms with Gasteiger partial charge in [0.15, 0.2) is 0 Å². The molecule has 0 atom stereocenters. The van der Waals surface area contributed by atoms with E-state index in [1.54, 1.807) is 24.3 Å². The fraction of sp³-hybridized carbons (Fsp3) is 0.231. The molecule has 7 heteroatoms. The highest BCUT2D eigenvalue weighted by molar-refractivity contribution is 8.00. The standard InChI is InChI=1S/C13H13NO4S2/c1-20(17,18)7-6-19-12-10-5-3-2-4-9(10)11(8-14-12)13(15)16/h2-5,8H,6-7H2,1H3,(H,15,16). The van der Waals surface area contributed by atoms with Crippen molar-refractivity contribution in [2.24, 2.45) is 0 Å². The van der Waals surface area contributed by atoms with E-state index in [1.807, 2.05) is 0 Å². The lowest BCUT2D eigenvalue weighted by atomic mass is 10.1. The zero-order valence-corrected chi connectivity index (χ0v) is 12.4. The molecule has 0 saturated carbocycles. The van der Waals surface area contributed by atoms with E-state index in [-0.39, 0.29) is 11.3 Å². The highest BCUT2D eigenvalue weighted by Gasteiger charge is 2.13. The van der Waals surface area contributed by atoms with E-state index in [4.69, 9.17) is 5.11 Å². The molecule has 1 heterocycles. The molecule has 0 fully saturated rings. The third-order valence-electron chi connectivity index (χ3n) is 2.68. The van der Waals surface area contributed by atoms with Crippen molar-refractivity contribution in [3.05, 3.63) is 36.0 Å². The van der Waals surface area contributed by atoms with E-state index >= 15 is 0 Å². The van der Waals surface area contributed by atoms with Gasteiger partial charge in [0.2, 0.25) is 0 Å². The molecule has 0 radical (unpaired) electrons. The maximum atomic E-state index is 11.1. The van der Waals surface area contributed by atoms with Crippen LogP contribution in [-0.4, -0.2) is 42.2 Å².